The average molecular weight is 573 g/mol. The van der Waals surface area contributed by atoms with E-state index in [-0.39, 0.29) is 13.0 Å². The third kappa shape index (κ3) is 5.38. The Hall–Kier alpha value is -4.90. The van der Waals surface area contributed by atoms with Gasteiger partial charge >= 0.3 is 11.9 Å². The Labute approximate surface area is 241 Å². The van der Waals surface area contributed by atoms with Gasteiger partial charge in [-0.3, -0.25) is 24.5 Å². The molecule has 3 N–H and O–H groups in total. The Morgan fingerprint density at radius 2 is 1.83 bits per heavy atom. The third-order valence-corrected chi connectivity index (χ3v) is 7.37. The number of carbonyl (C=O) groups is 4. The molecular formula is C31H32N4O7. The average Bonchev–Trinajstić information content (AvgIpc) is 3.61. The van der Waals surface area contributed by atoms with Crippen molar-refractivity contribution in [3.63, 3.8) is 0 Å². The number of carboxylic acid groups (broad SMARTS) is 1. The summed E-state index contributed by atoms with van der Waals surface area (Å²) in [5, 5.41) is 16.4. The van der Waals surface area contributed by atoms with E-state index in [1.165, 1.54) is 0 Å². The number of para-hydroxylation sites is 1. The first-order valence-corrected chi connectivity index (χ1v) is 13.7. The molecule has 5 rings (SSSR count). The van der Waals surface area contributed by atoms with Crippen LogP contribution >= 0.6 is 0 Å². The summed E-state index contributed by atoms with van der Waals surface area (Å²) in [7, 11) is 3.47. The molecule has 3 heterocycles. The van der Waals surface area contributed by atoms with Gasteiger partial charge in [-0.15, -0.1) is 0 Å². The van der Waals surface area contributed by atoms with Crippen LogP contribution in [0.4, 0.5) is 0 Å². The van der Waals surface area contributed by atoms with Gasteiger partial charge in [0.1, 0.15) is 11.8 Å². The fourth-order valence-corrected chi connectivity index (χ4v) is 5.49. The molecule has 1 atom stereocenters. The first-order valence-electron chi connectivity index (χ1n) is 13.7. The molecule has 0 saturated heterocycles. The fourth-order valence-electron chi connectivity index (χ4n) is 5.49. The number of benzene rings is 2. The molecule has 218 valence electrons. The van der Waals surface area contributed by atoms with Gasteiger partial charge in [0.15, 0.2) is 0 Å². The first kappa shape index (κ1) is 28.6. The SMILES string of the molecule is CCOC(=O)C(CC(=O)O)NCCCn1cc(C2=C(c3cccc4ccn(C)c34)C(=O)NC2=O)c2ccc(OC)cc21. The van der Waals surface area contributed by atoms with Crippen LogP contribution in [0.15, 0.2) is 54.9 Å². The highest BCUT2D eigenvalue weighted by Crippen LogP contribution is 2.39. The highest BCUT2D eigenvalue weighted by Gasteiger charge is 2.35. The number of hydrogen-bond acceptors (Lipinski definition) is 7. The molecular weight excluding hydrogens is 540 g/mol. The van der Waals surface area contributed by atoms with Crippen molar-refractivity contribution in [3.05, 3.63) is 66.0 Å². The predicted octanol–water partition coefficient (Wildman–Crippen LogP) is 3.09. The number of imide groups is 1. The number of esters is 1. The van der Waals surface area contributed by atoms with E-state index in [1.807, 2.05) is 65.0 Å². The minimum absolute atomic E-state index is 0.156. The molecule has 1 aliphatic heterocycles. The van der Waals surface area contributed by atoms with Gasteiger partial charge in [0, 0.05) is 54.0 Å². The van der Waals surface area contributed by atoms with Crippen LogP contribution < -0.4 is 15.4 Å². The zero-order valence-electron chi connectivity index (χ0n) is 23.6. The maximum Gasteiger partial charge on any atom is 0.323 e. The second-order valence-electron chi connectivity index (χ2n) is 10.0. The molecule has 4 aromatic rings. The maximum atomic E-state index is 13.3. The van der Waals surface area contributed by atoms with Crippen molar-refractivity contribution >= 4 is 56.7 Å². The van der Waals surface area contributed by atoms with Gasteiger partial charge in [-0.25, -0.2) is 0 Å². The summed E-state index contributed by atoms with van der Waals surface area (Å²) < 4.78 is 14.4. The van der Waals surface area contributed by atoms with Crippen LogP contribution in [0.3, 0.4) is 0 Å². The van der Waals surface area contributed by atoms with Gasteiger partial charge in [0.05, 0.1) is 42.3 Å². The van der Waals surface area contributed by atoms with E-state index >= 15 is 0 Å². The minimum Gasteiger partial charge on any atom is -0.497 e. The lowest BCUT2D eigenvalue weighted by atomic mass is 9.94. The number of methoxy groups -OCH3 is 1. The minimum atomic E-state index is -1.10. The quantitative estimate of drug-likeness (QED) is 0.134. The van der Waals surface area contributed by atoms with E-state index in [1.54, 1.807) is 20.1 Å². The summed E-state index contributed by atoms with van der Waals surface area (Å²) in [6.45, 7) is 2.64. The Morgan fingerprint density at radius 1 is 1.07 bits per heavy atom. The number of aromatic nitrogens is 2. The van der Waals surface area contributed by atoms with Gasteiger partial charge in [-0.05, 0) is 38.1 Å². The standard InChI is InChI=1S/C31H32N4O7/c1-4-42-31(40)23(16-25(36)37)32-12-6-13-35-17-22(20-10-9-19(41-3)15-24(20)35)27-26(29(38)33-30(27)39)21-8-5-7-18-11-14-34(2)28(18)21/h5,7-11,14-15,17,23,32H,4,6,12-13,16H2,1-3H3,(H,36,37)(H,33,38,39). The Bertz CT molecular complexity index is 1750. The number of amides is 2. The summed E-state index contributed by atoms with van der Waals surface area (Å²) >= 11 is 0. The van der Waals surface area contributed by atoms with Crippen molar-refractivity contribution in [3.8, 4) is 5.75 Å². The Balaban J connectivity index is 1.52. The van der Waals surface area contributed by atoms with E-state index < -0.39 is 29.8 Å². The number of carbonyl (C=O) groups excluding carboxylic acids is 3. The topological polar surface area (TPSA) is 141 Å². The van der Waals surface area contributed by atoms with Crippen molar-refractivity contribution in [1.29, 1.82) is 0 Å². The van der Waals surface area contributed by atoms with Crippen molar-refractivity contribution < 1.29 is 33.8 Å². The molecule has 2 amide bonds. The van der Waals surface area contributed by atoms with E-state index in [0.29, 0.717) is 47.5 Å². The lowest BCUT2D eigenvalue weighted by Crippen LogP contribution is -2.40. The number of nitrogens with one attached hydrogen (secondary N) is 2. The van der Waals surface area contributed by atoms with Crippen LogP contribution in [0.2, 0.25) is 0 Å². The largest absolute Gasteiger partial charge is 0.497 e. The van der Waals surface area contributed by atoms with Crippen LogP contribution in [0.5, 0.6) is 5.75 Å². The number of carboxylic acids is 1. The van der Waals surface area contributed by atoms with E-state index in [2.05, 4.69) is 10.6 Å². The third-order valence-electron chi connectivity index (χ3n) is 7.37. The second kappa shape index (κ2) is 11.9. The number of aliphatic carboxylic acids is 1. The Morgan fingerprint density at radius 3 is 2.55 bits per heavy atom. The number of aryl methyl sites for hydroxylation is 2. The van der Waals surface area contributed by atoms with Crippen LogP contribution in [0, 0.1) is 0 Å². The number of rotatable bonds is 12. The van der Waals surface area contributed by atoms with Gasteiger partial charge in [0.25, 0.3) is 11.8 Å². The van der Waals surface area contributed by atoms with Crippen molar-refractivity contribution in [2.45, 2.75) is 32.4 Å². The van der Waals surface area contributed by atoms with Crippen LogP contribution in [-0.2, 0) is 37.5 Å². The number of nitrogens with zero attached hydrogens (tertiary/aromatic N) is 2. The highest BCUT2D eigenvalue weighted by molar-refractivity contribution is 6.50. The van der Waals surface area contributed by atoms with E-state index in [4.69, 9.17) is 9.47 Å². The maximum absolute atomic E-state index is 13.3. The van der Waals surface area contributed by atoms with Gasteiger partial charge in [-0.2, -0.15) is 0 Å². The molecule has 0 aliphatic carbocycles. The highest BCUT2D eigenvalue weighted by atomic mass is 16.5. The molecule has 11 nitrogen and oxygen atoms in total. The smallest absolute Gasteiger partial charge is 0.323 e. The summed E-state index contributed by atoms with van der Waals surface area (Å²) in [6, 6.07) is 12.2. The molecule has 0 bridgehead atoms. The molecule has 11 heteroatoms. The molecule has 0 spiro atoms. The number of ether oxygens (including phenoxy) is 2. The summed E-state index contributed by atoms with van der Waals surface area (Å²) in [5.41, 5.74) is 3.54. The number of hydrogen-bond donors (Lipinski definition) is 3. The zero-order chi connectivity index (χ0) is 30.0. The van der Waals surface area contributed by atoms with Gasteiger partial charge in [-0.1, -0.05) is 18.2 Å². The monoisotopic (exact) mass is 572 g/mol. The summed E-state index contributed by atoms with van der Waals surface area (Å²) in [6.07, 6.45) is 3.91. The molecule has 0 radical (unpaired) electrons. The van der Waals surface area contributed by atoms with Gasteiger partial charge < -0.3 is 29.0 Å². The lowest BCUT2D eigenvalue weighted by molar-refractivity contribution is -0.150. The first-order chi connectivity index (χ1) is 20.2. The van der Waals surface area contributed by atoms with Crippen LogP contribution in [0.25, 0.3) is 33.0 Å². The van der Waals surface area contributed by atoms with Crippen molar-refractivity contribution in [1.82, 2.24) is 19.8 Å². The van der Waals surface area contributed by atoms with Gasteiger partial charge in [0.2, 0.25) is 0 Å². The molecule has 0 fully saturated rings. The van der Waals surface area contributed by atoms with Crippen LogP contribution in [0.1, 0.15) is 30.9 Å². The molecule has 42 heavy (non-hydrogen) atoms. The second-order valence-corrected chi connectivity index (χ2v) is 10.0. The lowest BCUT2D eigenvalue weighted by Gasteiger charge is -2.15. The van der Waals surface area contributed by atoms with Crippen LogP contribution in [-0.4, -0.2) is 64.3 Å². The predicted molar refractivity (Wildman–Crippen MR) is 157 cm³/mol. The Kier molecular flexibility index (Phi) is 8.12. The summed E-state index contributed by atoms with van der Waals surface area (Å²) in [5.74, 6) is -2.00. The molecule has 2 aromatic carbocycles. The molecule has 2 aromatic heterocycles. The normalized spacial score (nSPS) is 14.1. The van der Waals surface area contributed by atoms with Crippen molar-refractivity contribution in [2.24, 2.45) is 7.05 Å². The molecule has 1 aliphatic rings. The fraction of sp³-hybridized carbons (Fsp3) is 0.290. The summed E-state index contributed by atoms with van der Waals surface area (Å²) in [4.78, 5) is 50.0. The van der Waals surface area contributed by atoms with E-state index in [0.717, 1.165) is 21.8 Å². The zero-order valence-corrected chi connectivity index (χ0v) is 23.6. The molecule has 1 unspecified atom stereocenters. The molecule has 0 saturated carbocycles. The number of fused-ring (bicyclic) bond motifs is 2. The van der Waals surface area contributed by atoms with Crippen molar-refractivity contribution in [2.75, 3.05) is 20.3 Å². The van der Waals surface area contributed by atoms with E-state index in [9.17, 15) is 24.3 Å².